The molecule has 1 atom stereocenters. The second-order valence-corrected chi connectivity index (χ2v) is 5.83. The molecule has 1 unspecified atom stereocenters. The van der Waals surface area contributed by atoms with E-state index in [0.717, 1.165) is 0 Å². The number of hydrogen-bond donors (Lipinski definition) is 1. The van der Waals surface area contributed by atoms with Gasteiger partial charge in [0, 0.05) is 34.5 Å². The Morgan fingerprint density at radius 1 is 1.38 bits per heavy atom. The van der Waals surface area contributed by atoms with E-state index in [-0.39, 0.29) is 33.9 Å². The summed E-state index contributed by atoms with van der Waals surface area (Å²) in [6.45, 7) is 2.70. The summed E-state index contributed by atoms with van der Waals surface area (Å²) in [6, 6.07) is 2.42. The molecular weight excluding hydrogens is 328 g/mol. The van der Waals surface area contributed by atoms with Crippen LogP contribution in [-0.4, -0.2) is 38.6 Å². The van der Waals surface area contributed by atoms with Crippen LogP contribution in [0.4, 0.5) is 0 Å². The van der Waals surface area contributed by atoms with Crippen LogP contribution in [-0.2, 0) is 16.9 Å². The number of ether oxygens (including phenoxy) is 2. The predicted octanol–water partition coefficient (Wildman–Crippen LogP) is 2.29. The van der Waals surface area contributed by atoms with Crippen LogP contribution >= 0.6 is 0 Å². The van der Waals surface area contributed by atoms with Crippen LogP contribution in [0.15, 0.2) is 23.5 Å². The second-order valence-electron chi connectivity index (χ2n) is 4.72. The minimum Gasteiger partial charge on any atom is -0.609 e. The highest BCUT2D eigenvalue weighted by Gasteiger charge is 2.21. The number of rotatable bonds is 5. The molecule has 3 heterocycles. The number of nitrogens with one attached hydrogen (secondary N) is 1. The molecule has 0 saturated carbocycles. The Morgan fingerprint density at radius 2 is 2.21 bits per heavy atom. The fraction of sp³-hybridized carbons (Fsp3) is 0.312. The van der Waals surface area contributed by atoms with Crippen LogP contribution in [0.5, 0.6) is 11.6 Å². The number of H-pyrrole nitrogens is 1. The highest BCUT2D eigenvalue weighted by Crippen LogP contribution is 2.26. The largest absolute Gasteiger partial charge is 0.609 e. The van der Waals surface area contributed by atoms with Crippen molar-refractivity contribution in [3.05, 3.63) is 35.1 Å². The molecule has 0 aliphatic carbocycles. The summed E-state index contributed by atoms with van der Waals surface area (Å²) in [5.74, 6) is -0.615. The maximum absolute atomic E-state index is 13.2. The maximum atomic E-state index is 13.2. The topological polar surface area (TPSA) is 96.0 Å². The number of fused-ring (bicyclic) bond motifs is 1. The van der Waals surface area contributed by atoms with Crippen molar-refractivity contribution in [2.45, 2.75) is 24.7 Å². The van der Waals surface area contributed by atoms with Gasteiger partial charge in [-0.15, -0.1) is 0 Å². The highest BCUT2D eigenvalue weighted by atomic mass is 32.2. The van der Waals surface area contributed by atoms with Gasteiger partial charge >= 0.3 is 5.16 Å². The summed E-state index contributed by atoms with van der Waals surface area (Å²) in [6.07, 6.45) is -0.478. The summed E-state index contributed by atoms with van der Waals surface area (Å²) in [4.78, 5) is 12.2. The third kappa shape index (κ3) is 3.02. The average molecular weight is 356 g/mol. The van der Waals surface area contributed by atoms with Crippen molar-refractivity contribution < 1.29 is 27.8 Å². The number of hydrogen-bond acceptors (Lipinski definition) is 6. The Labute approximate surface area is 156 Å². The van der Waals surface area contributed by atoms with E-state index in [2.05, 4.69) is 19.7 Å². The quantitative estimate of drug-likeness (QED) is 0.705. The highest BCUT2D eigenvalue weighted by molar-refractivity contribution is 7.90. The number of imidazole rings is 1. The molecule has 0 radical (unpaired) electrons. The van der Waals surface area contributed by atoms with Gasteiger partial charge in [0.2, 0.25) is 5.88 Å². The molecule has 0 aliphatic rings. The van der Waals surface area contributed by atoms with E-state index < -0.39 is 48.0 Å². The van der Waals surface area contributed by atoms with Gasteiger partial charge in [0.1, 0.15) is 5.75 Å². The lowest BCUT2D eigenvalue weighted by atomic mass is 10.1. The Hall–Kier alpha value is -2.32. The van der Waals surface area contributed by atoms with Gasteiger partial charge < -0.3 is 14.0 Å². The third-order valence-corrected chi connectivity index (χ3v) is 4.07. The lowest BCUT2D eigenvalue weighted by Gasteiger charge is -2.13. The summed E-state index contributed by atoms with van der Waals surface area (Å²) in [5.41, 5.74) is -3.60. The van der Waals surface area contributed by atoms with E-state index in [1.54, 1.807) is 0 Å². The van der Waals surface area contributed by atoms with Gasteiger partial charge in [-0.3, -0.25) is 9.96 Å². The molecule has 7 nitrogen and oxygen atoms in total. The summed E-state index contributed by atoms with van der Waals surface area (Å²) in [5, 5.41) is -0.579. The fourth-order valence-corrected chi connectivity index (χ4v) is 2.82. The van der Waals surface area contributed by atoms with E-state index in [9.17, 15) is 4.55 Å². The van der Waals surface area contributed by atoms with Crippen LogP contribution in [0.3, 0.4) is 0 Å². The summed E-state index contributed by atoms with van der Waals surface area (Å²) in [7, 11) is -5.67. The van der Waals surface area contributed by atoms with E-state index >= 15 is 0 Å². The first-order valence-electron chi connectivity index (χ1n) is 11.5. The SMILES string of the molecule is [2H]c1nc(C([2H])([2H])[S+]([O-])c2nc3nc(OC([2H])([2H])[2H])ccc3n2[2H])c(C)c(OC([2H])([2H])[2H])c1C. The molecule has 3 aromatic heterocycles. The number of aromatic amines is 1. The minimum atomic E-state index is -2.89. The lowest BCUT2D eigenvalue weighted by molar-refractivity contribution is 0.399. The zero-order chi connectivity index (χ0) is 25.8. The van der Waals surface area contributed by atoms with Crippen molar-refractivity contribution >= 4 is 22.3 Å². The number of aromatic nitrogens is 4. The molecule has 3 rings (SSSR count). The Bertz CT molecular complexity index is 1240. The van der Waals surface area contributed by atoms with E-state index in [1.807, 2.05) is 0 Å². The smallest absolute Gasteiger partial charge is 0.323 e. The van der Waals surface area contributed by atoms with Crippen LogP contribution in [0, 0.1) is 13.8 Å². The molecule has 1 N–H and O–H groups in total. The lowest BCUT2D eigenvalue weighted by Crippen LogP contribution is -2.10. The Morgan fingerprint density at radius 3 is 3.00 bits per heavy atom. The molecule has 24 heavy (non-hydrogen) atoms. The summed E-state index contributed by atoms with van der Waals surface area (Å²) >= 11 is -2.71. The Balaban J connectivity index is 2.09. The number of nitrogens with zero attached hydrogens (tertiary/aromatic N) is 3. The molecule has 3 aromatic rings. The molecule has 0 bridgehead atoms. The van der Waals surface area contributed by atoms with E-state index in [4.69, 9.17) is 18.5 Å². The van der Waals surface area contributed by atoms with Gasteiger partial charge in [0.25, 0.3) is 0 Å². The van der Waals surface area contributed by atoms with Gasteiger partial charge in [-0.25, -0.2) is 0 Å². The fourth-order valence-electron chi connectivity index (χ4n) is 2.00. The number of methoxy groups -OCH3 is 2. The molecular formula is C16H18N4O3S. The first kappa shape index (κ1) is 8.17. The van der Waals surface area contributed by atoms with E-state index in [1.165, 1.54) is 26.0 Å². The molecule has 0 fully saturated rings. The van der Waals surface area contributed by atoms with Crippen LogP contribution in [0.1, 0.15) is 29.2 Å². The Kier molecular flexibility index (Phi) is 2.27. The summed E-state index contributed by atoms with van der Waals surface area (Å²) < 4.78 is 99.3. The maximum Gasteiger partial charge on any atom is 0.323 e. The third-order valence-electron chi connectivity index (χ3n) is 3.18. The van der Waals surface area contributed by atoms with Crippen LogP contribution < -0.4 is 9.47 Å². The van der Waals surface area contributed by atoms with Crippen molar-refractivity contribution in [3.8, 4) is 11.6 Å². The van der Waals surface area contributed by atoms with Gasteiger partial charge in [0.05, 0.1) is 37.6 Å². The molecule has 0 spiro atoms. The molecule has 0 aromatic carbocycles. The van der Waals surface area contributed by atoms with E-state index in [0.29, 0.717) is 4.98 Å². The first-order chi connectivity index (χ1) is 15.4. The first-order valence-corrected chi connectivity index (χ1v) is 7.74. The number of pyridine rings is 2. The molecule has 126 valence electrons. The molecule has 0 amide bonds. The van der Waals surface area contributed by atoms with Crippen LogP contribution in [0.25, 0.3) is 11.2 Å². The normalized spacial score (nSPS) is 20.1. The van der Waals surface area contributed by atoms with Gasteiger partial charge in [-0.1, -0.05) is 0 Å². The van der Waals surface area contributed by atoms with Crippen molar-refractivity contribution in [3.63, 3.8) is 0 Å². The predicted molar refractivity (Wildman–Crippen MR) is 90.8 cm³/mol. The van der Waals surface area contributed by atoms with Crippen molar-refractivity contribution in [1.29, 1.82) is 0 Å². The standard InChI is InChI=1S/C16H18N4O3S/c1-9-7-17-12(10(2)14(9)23-4)8-24(21)16-18-11-5-6-13(22-3)19-15(11)20-16/h5-7H,8H2,1-4H3,(H,18,19,20)/i3D3,4D3,7D,8D2/hD. The molecule has 8 heteroatoms. The minimum absolute atomic E-state index is 0.00164. The van der Waals surface area contributed by atoms with Crippen molar-refractivity contribution in [2.24, 2.45) is 0 Å². The zero-order valence-corrected chi connectivity index (χ0v) is 13.4. The molecule has 0 aliphatic heterocycles. The monoisotopic (exact) mass is 356 g/mol. The second kappa shape index (κ2) is 6.66. The van der Waals surface area contributed by atoms with Crippen molar-refractivity contribution in [2.75, 3.05) is 14.1 Å². The van der Waals surface area contributed by atoms with Gasteiger partial charge in [-0.2, -0.15) is 9.97 Å². The zero-order valence-electron chi connectivity index (χ0n) is 22.6. The average Bonchev–Trinajstić information content (AvgIpc) is 3.01. The van der Waals surface area contributed by atoms with Gasteiger partial charge in [-0.05, 0) is 19.9 Å². The van der Waals surface area contributed by atoms with Gasteiger partial charge in [0.15, 0.2) is 12.8 Å². The molecule has 0 saturated heterocycles. The van der Waals surface area contributed by atoms with Crippen LogP contribution in [0.2, 0.25) is 1.41 Å². The van der Waals surface area contributed by atoms with Crippen molar-refractivity contribution in [1.82, 2.24) is 19.9 Å².